The molecule has 2 atom stereocenters. The Bertz CT molecular complexity index is 1140. The highest BCUT2D eigenvalue weighted by atomic mass is 32.1. The second-order valence-corrected chi connectivity index (χ2v) is 8.05. The van der Waals surface area contributed by atoms with Crippen molar-refractivity contribution in [1.29, 1.82) is 0 Å². The highest BCUT2D eigenvalue weighted by Gasteiger charge is 2.41. The summed E-state index contributed by atoms with van der Waals surface area (Å²) in [6.45, 7) is 1.49. The van der Waals surface area contributed by atoms with Crippen LogP contribution in [-0.2, 0) is 13.1 Å². The molecule has 0 aliphatic carbocycles. The Hall–Kier alpha value is -3.51. The maximum Gasteiger partial charge on any atom is 0.170 e. The van der Waals surface area contributed by atoms with Gasteiger partial charge in [0.15, 0.2) is 5.11 Å². The van der Waals surface area contributed by atoms with Gasteiger partial charge in [-0.3, -0.25) is 9.97 Å². The van der Waals surface area contributed by atoms with Crippen LogP contribution in [0.5, 0.6) is 0 Å². The third-order valence-corrected chi connectivity index (χ3v) is 5.99. The van der Waals surface area contributed by atoms with E-state index in [0.717, 1.165) is 29.5 Å². The lowest BCUT2D eigenvalue weighted by Gasteiger charge is -2.29. The zero-order chi connectivity index (χ0) is 21.0. The Labute approximate surface area is 187 Å². The van der Waals surface area contributed by atoms with E-state index in [1.165, 1.54) is 11.3 Å². The number of nitrogens with zero attached hydrogens (tertiary/aromatic N) is 4. The van der Waals surface area contributed by atoms with Gasteiger partial charge in [-0.2, -0.15) is 0 Å². The maximum atomic E-state index is 5.81. The van der Waals surface area contributed by atoms with Gasteiger partial charge in [0.1, 0.15) is 0 Å². The van der Waals surface area contributed by atoms with Crippen LogP contribution in [-0.4, -0.2) is 24.5 Å². The Balaban J connectivity index is 1.54. The average molecular weight is 426 g/mol. The summed E-state index contributed by atoms with van der Waals surface area (Å²) < 4.78 is 2.28. The van der Waals surface area contributed by atoms with Crippen LogP contribution in [0.15, 0.2) is 97.6 Å². The van der Waals surface area contributed by atoms with E-state index in [0.29, 0.717) is 0 Å². The normalized spacial score (nSPS) is 18.2. The molecule has 31 heavy (non-hydrogen) atoms. The SMILES string of the molecule is S=C1N[C@H](c2ccccn2)[C@@H](c2cccn2Cc2cccnc2)N1Cc1ccccc1. The molecule has 0 saturated carbocycles. The number of aromatic nitrogens is 3. The second kappa shape index (κ2) is 8.70. The van der Waals surface area contributed by atoms with Crippen molar-refractivity contribution < 1.29 is 0 Å². The highest BCUT2D eigenvalue weighted by Crippen LogP contribution is 2.39. The Morgan fingerprint density at radius 1 is 0.839 bits per heavy atom. The van der Waals surface area contributed by atoms with Crippen molar-refractivity contribution in [2.24, 2.45) is 0 Å². The molecule has 4 aromatic rings. The number of hydrogen-bond donors (Lipinski definition) is 1. The summed E-state index contributed by atoms with van der Waals surface area (Å²) in [5, 5.41) is 4.29. The standard InChI is InChI=1S/C25H23N5S/c31-25-28-23(21-11-4-5-14-27-21)24(30(25)18-19-8-2-1-3-9-19)22-12-7-15-29(22)17-20-10-6-13-26-16-20/h1-16,23-24H,17-18H2,(H,28,31)/t23-,24-/m1/s1. The van der Waals surface area contributed by atoms with Crippen molar-refractivity contribution >= 4 is 17.3 Å². The van der Waals surface area contributed by atoms with E-state index in [1.807, 2.05) is 36.7 Å². The third kappa shape index (κ3) is 4.07. The third-order valence-electron chi connectivity index (χ3n) is 5.64. The van der Waals surface area contributed by atoms with E-state index in [4.69, 9.17) is 12.2 Å². The molecule has 5 nitrogen and oxygen atoms in total. The quantitative estimate of drug-likeness (QED) is 0.461. The molecule has 0 unspecified atom stereocenters. The number of nitrogens with one attached hydrogen (secondary N) is 1. The predicted molar refractivity (Wildman–Crippen MR) is 125 cm³/mol. The fraction of sp³-hybridized carbons (Fsp3) is 0.160. The Morgan fingerprint density at radius 3 is 2.45 bits per heavy atom. The number of benzene rings is 1. The van der Waals surface area contributed by atoms with Gasteiger partial charge in [-0.25, -0.2) is 0 Å². The molecule has 6 heteroatoms. The van der Waals surface area contributed by atoms with Crippen molar-refractivity contribution in [3.63, 3.8) is 0 Å². The molecule has 1 aromatic carbocycles. The van der Waals surface area contributed by atoms with E-state index in [2.05, 4.69) is 79.5 Å². The number of rotatable bonds is 6. The predicted octanol–water partition coefficient (Wildman–Crippen LogP) is 4.50. The minimum absolute atomic E-state index is 0.0225. The molecular formula is C25H23N5S. The largest absolute Gasteiger partial charge is 0.352 e. The van der Waals surface area contributed by atoms with Gasteiger partial charge in [-0.05, 0) is 53.7 Å². The summed E-state index contributed by atoms with van der Waals surface area (Å²) in [6, 6.07) is 24.8. The summed E-state index contributed by atoms with van der Waals surface area (Å²) in [7, 11) is 0. The number of hydrogen-bond acceptors (Lipinski definition) is 3. The van der Waals surface area contributed by atoms with Crippen LogP contribution in [0.3, 0.4) is 0 Å². The van der Waals surface area contributed by atoms with Gasteiger partial charge in [0.05, 0.1) is 17.8 Å². The van der Waals surface area contributed by atoms with Gasteiger partial charge in [0.2, 0.25) is 0 Å². The number of pyridine rings is 2. The average Bonchev–Trinajstić information content (AvgIpc) is 3.40. The summed E-state index contributed by atoms with van der Waals surface area (Å²) in [6.07, 6.45) is 7.68. The monoisotopic (exact) mass is 425 g/mol. The molecule has 1 aliphatic heterocycles. The van der Waals surface area contributed by atoms with E-state index in [-0.39, 0.29) is 12.1 Å². The fourth-order valence-electron chi connectivity index (χ4n) is 4.21. The molecule has 5 rings (SSSR count). The van der Waals surface area contributed by atoms with Gasteiger partial charge < -0.3 is 14.8 Å². The molecule has 3 aromatic heterocycles. The molecule has 0 amide bonds. The van der Waals surface area contributed by atoms with Crippen LogP contribution >= 0.6 is 12.2 Å². The van der Waals surface area contributed by atoms with Crippen molar-refractivity contribution in [2.45, 2.75) is 25.2 Å². The Morgan fingerprint density at radius 2 is 1.68 bits per heavy atom. The van der Waals surface area contributed by atoms with Gasteiger partial charge in [-0.1, -0.05) is 42.5 Å². The lowest BCUT2D eigenvalue weighted by molar-refractivity contribution is 0.298. The van der Waals surface area contributed by atoms with E-state index in [1.54, 1.807) is 6.20 Å². The zero-order valence-corrected chi connectivity index (χ0v) is 17.8. The first-order valence-electron chi connectivity index (χ1n) is 10.4. The second-order valence-electron chi connectivity index (χ2n) is 7.66. The molecule has 154 valence electrons. The lowest BCUT2D eigenvalue weighted by atomic mass is 10.0. The van der Waals surface area contributed by atoms with E-state index in [9.17, 15) is 0 Å². The van der Waals surface area contributed by atoms with Crippen LogP contribution in [0.4, 0.5) is 0 Å². The fourth-order valence-corrected chi connectivity index (χ4v) is 4.51. The minimum atomic E-state index is -0.0278. The molecule has 0 bridgehead atoms. The molecule has 4 heterocycles. The molecule has 0 radical (unpaired) electrons. The summed E-state index contributed by atoms with van der Waals surface area (Å²) >= 11 is 5.81. The van der Waals surface area contributed by atoms with Crippen molar-refractivity contribution in [3.8, 4) is 0 Å². The zero-order valence-electron chi connectivity index (χ0n) is 17.0. The first-order chi connectivity index (χ1) is 15.3. The Kier molecular flexibility index (Phi) is 5.46. The van der Waals surface area contributed by atoms with Crippen molar-refractivity contribution in [2.75, 3.05) is 0 Å². The maximum absolute atomic E-state index is 5.81. The first kappa shape index (κ1) is 19.5. The minimum Gasteiger partial charge on any atom is -0.352 e. The van der Waals surface area contributed by atoms with Crippen molar-refractivity contribution in [3.05, 3.63) is 120 Å². The van der Waals surface area contributed by atoms with E-state index >= 15 is 0 Å². The van der Waals surface area contributed by atoms with Gasteiger partial charge in [0.25, 0.3) is 0 Å². The number of thiocarbonyl (C=S) groups is 1. The first-order valence-corrected chi connectivity index (χ1v) is 10.8. The van der Waals surface area contributed by atoms with E-state index < -0.39 is 0 Å². The van der Waals surface area contributed by atoms with Gasteiger partial charge >= 0.3 is 0 Å². The van der Waals surface area contributed by atoms with Crippen LogP contribution in [0.2, 0.25) is 0 Å². The van der Waals surface area contributed by atoms with Crippen LogP contribution in [0, 0.1) is 0 Å². The summed E-state index contributed by atoms with van der Waals surface area (Å²) in [5.41, 5.74) is 4.57. The summed E-state index contributed by atoms with van der Waals surface area (Å²) in [5.74, 6) is 0. The molecular weight excluding hydrogens is 402 g/mol. The highest BCUT2D eigenvalue weighted by molar-refractivity contribution is 7.80. The molecule has 1 N–H and O–H groups in total. The van der Waals surface area contributed by atoms with Crippen molar-refractivity contribution in [1.82, 2.24) is 24.8 Å². The molecule has 0 spiro atoms. The molecule has 1 saturated heterocycles. The molecule has 1 aliphatic rings. The van der Waals surface area contributed by atoms with Crippen LogP contribution in [0.1, 0.15) is 34.6 Å². The van der Waals surface area contributed by atoms with Crippen LogP contribution < -0.4 is 5.32 Å². The van der Waals surface area contributed by atoms with Gasteiger partial charge in [-0.15, -0.1) is 0 Å². The van der Waals surface area contributed by atoms with Gasteiger partial charge in [0, 0.05) is 43.6 Å². The smallest absolute Gasteiger partial charge is 0.170 e. The lowest BCUT2D eigenvalue weighted by Crippen LogP contribution is -2.30. The molecule has 1 fully saturated rings. The summed E-state index contributed by atoms with van der Waals surface area (Å²) in [4.78, 5) is 11.2. The topological polar surface area (TPSA) is 46.0 Å². The van der Waals surface area contributed by atoms with Crippen LogP contribution in [0.25, 0.3) is 0 Å².